The van der Waals surface area contributed by atoms with E-state index in [-0.39, 0.29) is 5.25 Å². The van der Waals surface area contributed by atoms with E-state index in [1.807, 2.05) is 32.2 Å². The van der Waals surface area contributed by atoms with E-state index >= 15 is 0 Å². The number of pyridine rings is 1. The van der Waals surface area contributed by atoms with Gasteiger partial charge in [-0.15, -0.1) is 0 Å². The molecule has 0 spiro atoms. The van der Waals surface area contributed by atoms with Gasteiger partial charge in [0.1, 0.15) is 11.6 Å². The van der Waals surface area contributed by atoms with Crippen LogP contribution in [0.5, 0.6) is 0 Å². The zero-order valence-corrected chi connectivity index (χ0v) is 10.1. The van der Waals surface area contributed by atoms with E-state index in [4.69, 9.17) is 0 Å². The highest BCUT2D eigenvalue weighted by Gasteiger charge is 2.05. The fourth-order valence-electron chi connectivity index (χ4n) is 1.04. The molecule has 5 heteroatoms. The Morgan fingerprint density at radius 3 is 2.73 bits per heavy atom. The number of aromatic nitrogens is 1. The summed E-state index contributed by atoms with van der Waals surface area (Å²) in [5, 5.41) is 6.25. The van der Waals surface area contributed by atoms with Crippen LogP contribution in [-0.4, -0.2) is 34.3 Å². The Balaban J connectivity index is 2.53. The summed E-state index contributed by atoms with van der Waals surface area (Å²) in [7, 11) is 1.03. The Bertz CT molecular complexity index is 343. The highest BCUT2D eigenvalue weighted by Crippen LogP contribution is 2.08. The van der Waals surface area contributed by atoms with Crippen molar-refractivity contribution in [3.05, 3.63) is 18.2 Å². The van der Waals surface area contributed by atoms with Crippen LogP contribution in [0.4, 0.5) is 11.6 Å². The van der Waals surface area contributed by atoms with Crippen molar-refractivity contribution in [3.8, 4) is 0 Å². The number of hydrogen-bond donors (Lipinski definition) is 2. The van der Waals surface area contributed by atoms with Crippen LogP contribution in [0.3, 0.4) is 0 Å². The molecule has 0 amide bonds. The maximum atomic E-state index is 11.1. The van der Waals surface area contributed by atoms with Gasteiger partial charge in [0.05, 0.1) is 0 Å². The van der Waals surface area contributed by atoms with Crippen molar-refractivity contribution in [1.29, 1.82) is 0 Å². The topological polar surface area (TPSA) is 54.0 Å². The Morgan fingerprint density at radius 2 is 2.13 bits per heavy atom. The second kappa shape index (κ2) is 5.70. The number of anilines is 2. The molecule has 0 aromatic carbocycles. The molecule has 0 saturated heterocycles. The quantitative estimate of drug-likeness (QED) is 0.796. The van der Waals surface area contributed by atoms with Gasteiger partial charge >= 0.3 is 0 Å². The molecule has 84 valence electrons. The lowest BCUT2D eigenvalue weighted by molar-refractivity contribution is 0.679. The van der Waals surface area contributed by atoms with Crippen molar-refractivity contribution in [2.75, 3.05) is 30.5 Å². The molecule has 0 radical (unpaired) electrons. The number of nitrogens with zero attached hydrogens (tertiary/aromatic N) is 1. The molecule has 0 bridgehead atoms. The van der Waals surface area contributed by atoms with E-state index in [0.29, 0.717) is 6.54 Å². The standard InChI is InChI=1S/C10H17N3OS/c1-8(15(3)14)7-12-10-6-4-5-9(11-2)13-10/h4-6,8H,7H2,1-3H3,(H2,11,12,13). The molecule has 4 nitrogen and oxygen atoms in total. The predicted octanol–water partition coefficient (Wildman–Crippen LogP) is 1.30. The van der Waals surface area contributed by atoms with Crippen LogP contribution in [0, 0.1) is 0 Å². The molecule has 1 rings (SSSR count). The van der Waals surface area contributed by atoms with Gasteiger partial charge in [-0.25, -0.2) is 4.98 Å². The average molecular weight is 227 g/mol. The molecule has 1 heterocycles. The predicted molar refractivity (Wildman–Crippen MR) is 65.8 cm³/mol. The van der Waals surface area contributed by atoms with Crippen LogP contribution in [0.2, 0.25) is 0 Å². The minimum atomic E-state index is -0.797. The Labute approximate surface area is 92.9 Å². The summed E-state index contributed by atoms with van der Waals surface area (Å²) in [6.07, 6.45) is 1.71. The summed E-state index contributed by atoms with van der Waals surface area (Å²) in [6, 6.07) is 5.72. The van der Waals surface area contributed by atoms with Gasteiger partial charge in [-0.3, -0.25) is 4.21 Å². The molecular weight excluding hydrogens is 210 g/mol. The molecule has 0 aliphatic rings. The first-order valence-corrected chi connectivity index (χ1v) is 6.46. The third-order valence-corrected chi connectivity index (χ3v) is 3.44. The summed E-state index contributed by atoms with van der Waals surface area (Å²) in [5.74, 6) is 1.63. The van der Waals surface area contributed by atoms with Crippen LogP contribution >= 0.6 is 0 Å². The Kier molecular flexibility index (Phi) is 4.55. The van der Waals surface area contributed by atoms with Gasteiger partial charge in [0.2, 0.25) is 0 Å². The fourth-order valence-corrected chi connectivity index (χ4v) is 1.36. The van der Waals surface area contributed by atoms with E-state index in [9.17, 15) is 4.21 Å². The number of rotatable bonds is 5. The third kappa shape index (κ3) is 3.87. The molecule has 1 aromatic heterocycles. The van der Waals surface area contributed by atoms with Crippen LogP contribution in [-0.2, 0) is 10.8 Å². The number of nitrogens with one attached hydrogen (secondary N) is 2. The lowest BCUT2D eigenvalue weighted by Crippen LogP contribution is -2.21. The second-order valence-corrected chi connectivity index (χ2v) is 5.15. The lowest BCUT2D eigenvalue weighted by atomic mass is 10.4. The summed E-state index contributed by atoms with van der Waals surface area (Å²) < 4.78 is 11.1. The molecule has 2 N–H and O–H groups in total. The highest BCUT2D eigenvalue weighted by atomic mass is 32.2. The van der Waals surface area contributed by atoms with Gasteiger partial charge in [0.25, 0.3) is 0 Å². The summed E-state index contributed by atoms with van der Waals surface area (Å²) >= 11 is 0. The minimum absolute atomic E-state index is 0.130. The SMILES string of the molecule is CNc1cccc(NCC(C)S(C)=O)n1. The smallest absolute Gasteiger partial charge is 0.128 e. The van der Waals surface area contributed by atoms with Crippen molar-refractivity contribution in [2.24, 2.45) is 0 Å². The molecule has 1 aromatic rings. The zero-order valence-electron chi connectivity index (χ0n) is 9.28. The summed E-state index contributed by atoms with van der Waals surface area (Å²) in [4.78, 5) is 4.30. The van der Waals surface area contributed by atoms with Gasteiger partial charge in [0, 0.05) is 35.9 Å². The van der Waals surface area contributed by atoms with Gasteiger partial charge < -0.3 is 10.6 Å². The largest absolute Gasteiger partial charge is 0.373 e. The molecule has 15 heavy (non-hydrogen) atoms. The summed E-state index contributed by atoms with van der Waals surface area (Å²) in [5.41, 5.74) is 0. The van der Waals surface area contributed by atoms with Crippen molar-refractivity contribution in [1.82, 2.24) is 4.98 Å². The lowest BCUT2D eigenvalue weighted by Gasteiger charge is -2.11. The molecule has 0 aliphatic carbocycles. The molecule has 2 atom stereocenters. The zero-order chi connectivity index (χ0) is 11.3. The van der Waals surface area contributed by atoms with Gasteiger partial charge in [-0.1, -0.05) is 6.07 Å². The average Bonchev–Trinajstić information content (AvgIpc) is 2.26. The van der Waals surface area contributed by atoms with Crippen molar-refractivity contribution < 1.29 is 4.21 Å². The van der Waals surface area contributed by atoms with Gasteiger partial charge in [0.15, 0.2) is 0 Å². The third-order valence-electron chi connectivity index (χ3n) is 2.14. The van der Waals surface area contributed by atoms with Gasteiger partial charge in [-0.05, 0) is 19.1 Å². The van der Waals surface area contributed by atoms with Gasteiger partial charge in [-0.2, -0.15) is 0 Å². The summed E-state index contributed by atoms with van der Waals surface area (Å²) in [6.45, 7) is 2.62. The van der Waals surface area contributed by atoms with E-state index < -0.39 is 10.8 Å². The Hall–Kier alpha value is -1.10. The van der Waals surface area contributed by atoms with E-state index in [1.54, 1.807) is 6.26 Å². The molecule has 0 saturated carbocycles. The van der Waals surface area contributed by atoms with E-state index in [1.165, 1.54) is 0 Å². The molecule has 0 fully saturated rings. The van der Waals surface area contributed by atoms with Crippen LogP contribution in [0.25, 0.3) is 0 Å². The van der Waals surface area contributed by atoms with Crippen LogP contribution < -0.4 is 10.6 Å². The molecular formula is C10H17N3OS. The minimum Gasteiger partial charge on any atom is -0.373 e. The second-order valence-electron chi connectivity index (χ2n) is 3.35. The first-order chi connectivity index (χ1) is 7.13. The van der Waals surface area contributed by atoms with Crippen molar-refractivity contribution >= 4 is 22.4 Å². The molecule has 0 aliphatic heterocycles. The van der Waals surface area contributed by atoms with E-state index in [0.717, 1.165) is 11.6 Å². The van der Waals surface area contributed by atoms with E-state index in [2.05, 4.69) is 15.6 Å². The normalized spacial score (nSPS) is 14.3. The first-order valence-electron chi connectivity index (χ1n) is 4.84. The Morgan fingerprint density at radius 1 is 1.47 bits per heavy atom. The van der Waals surface area contributed by atoms with Crippen molar-refractivity contribution in [3.63, 3.8) is 0 Å². The number of hydrogen-bond acceptors (Lipinski definition) is 4. The maximum Gasteiger partial charge on any atom is 0.128 e. The van der Waals surface area contributed by atoms with Crippen LogP contribution in [0.15, 0.2) is 18.2 Å². The maximum absolute atomic E-state index is 11.1. The monoisotopic (exact) mass is 227 g/mol. The van der Waals surface area contributed by atoms with Crippen molar-refractivity contribution in [2.45, 2.75) is 12.2 Å². The fraction of sp³-hybridized carbons (Fsp3) is 0.500. The highest BCUT2D eigenvalue weighted by molar-refractivity contribution is 7.84. The molecule has 2 unspecified atom stereocenters. The first kappa shape index (κ1) is 12.0. The van der Waals surface area contributed by atoms with Crippen LogP contribution in [0.1, 0.15) is 6.92 Å².